The summed E-state index contributed by atoms with van der Waals surface area (Å²) in [5.41, 5.74) is 1.91. The van der Waals surface area contributed by atoms with Crippen LogP contribution in [0, 0.1) is 0 Å². The lowest BCUT2D eigenvalue weighted by Gasteiger charge is -2.23. The van der Waals surface area contributed by atoms with Crippen LogP contribution in [0.1, 0.15) is 50.9 Å². The van der Waals surface area contributed by atoms with E-state index < -0.39 is 0 Å². The smallest absolute Gasteiger partial charge is 0.251 e. The third-order valence-corrected chi connectivity index (χ3v) is 3.78. The van der Waals surface area contributed by atoms with Gasteiger partial charge >= 0.3 is 0 Å². The highest BCUT2D eigenvalue weighted by Gasteiger charge is 2.09. The van der Waals surface area contributed by atoms with Gasteiger partial charge in [0.25, 0.3) is 5.91 Å². The van der Waals surface area contributed by atoms with Gasteiger partial charge in [0.2, 0.25) is 0 Å². The van der Waals surface area contributed by atoms with Gasteiger partial charge in [-0.3, -0.25) is 4.79 Å². The number of rotatable bonds is 10. The van der Waals surface area contributed by atoms with Crippen molar-refractivity contribution in [1.29, 1.82) is 0 Å². The maximum absolute atomic E-state index is 12.1. The number of unbranched alkanes of at least 4 members (excludes halogenated alkanes) is 1. The number of hydrogen-bond donors (Lipinski definition) is 2. The Morgan fingerprint density at radius 3 is 2.41 bits per heavy atom. The number of likely N-dealkylation sites (N-methyl/N-ethyl adjacent to an activating group) is 1. The van der Waals surface area contributed by atoms with Gasteiger partial charge in [-0.1, -0.05) is 20.3 Å². The molecule has 1 rings (SSSR count). The molecule has 0 unspecified atom stereocenters. The number of amides is 1. The zero-order valence-corrected chi connectivity index (χ0v) is 14.5. The molecular formula is C18H31N3O. The van der Waals surface area contributed by atoms with Crippen molar-refractivity contribution in [2.75, 3.05) is 31.1 Å². The fraction of sp³-hybridized carbons (Fsp3) is 0.611. The van der Waals surface area contributed by atoms with Gasteiger partial charge in [-0.05, 0) is 51.1 Å². The first-order chi connectivity index (χ1) is 10.6. The van der Waals surface area contributed by atoms with Gasteiger partial charge in [-0.2, -0.15) is 0 Å². The van der Waals surface area contributed by atoms with Gasteiger partial charge in [0.1, 0.15) is 0 Å². The number of anilines is 1. The summed E-state index contributed by atoms with van der Waals surface area (Å²) >= 11 is 0. The van der Waals surface area contributed by atoms with Gasteiger partial charge in [-0.15, -0.1) is 0 Å². The highest BCUT2D eigenvalue weighted by molar-refractivity contribution is 5.94. The summed E-state index contributed by atoms with van der Waals surface area (Å²) in [4.78, 5) is 14.5. The van der Waals surface area contributed by atoms with Crippen LogP contribution in [0.5, 0.6) is 0 Å². The lowest BCUT2D eigenvalue weighted by Crippen LogP contribution is -2.38. The van der Waals surface area contributed by atoms with Crippen molar-refractivity contribution in [2.24, 2.45) is 0 Å². The Kier molecular flexibility index (Phi) is 8.60. The molecule has 22 heavy (non-hydrogen) atoms. The molecule has 4 nitrogen and oxygen atoms in total. The summed E-state index contributed by atoms with van der Waals surface area (Å²) in [6, 6.07) is 8.20. The predicted molar refractivity (Wildman–Crippen MR) is 94.7 cm³/mol. The van der Waals surface area contributed by atoms with Crippen molar-refractivity contribution >= 4 is 11.6 Å². The van der Waals surface area contributed by atoms with E-state index in [0.29, 0.717) is 6.54 Å². The Balaban J connectivity index is 2.57. The standard InChI is InChI=1S/C18H31N3O/c1-5-8-13-21(7-3)17-11-9-16(10-12-17)18(22)20-14-15(4)19-6-2/h9-12,15,19H,5-8,13-14H2,1-4H3,(H,20,22)/t15-/m1/s1. The molecule has 0 saturated heterocycles. The highest BCUT2D eigenvalue weighted by atomic mass is 16.1. The van der Waals surface area contributed by atoms with Crippen molar-refractivity contribution in [1.82, 2.24) is 10.6 Å². The number of nitrogens with zero attached hydrogens (tertiary/aromatic N) is 1. The van der Waals surface area contributed by atoms with Gasteiger partial charge in [0.05, 0.1) is 0 Å². The molecule has 0 aliphatic rings. The Morgan fingerprint density at radius 1 is 1.18 bits per heavy atom. The van der Waals surface area contributed by atoms with E-state index in [1.807, 2.05) is 24.3 Å². The largest absolute Gasteiger partial charge is 0.372 e. The number of hydrogen-bond acceptors (Lipinski definition) is 3. The topological polar surface area (TPSA) is 44.4 Å². The fourth-order valence-corrected chi connectivity index (χ4v) is 2.41. The van der Waals surface area contributed by atoms with Gasteiger partial charge in [-0.25, -0.2) is 0 Å². The summed E-state index contributed by atoms with van der Waals surface area (Å²) in [7, 11) is 0. The lowest BCUT2D eigenvalue weighted by atomic mass is 10.1. The van der Waals surface area contributed by atoms with E-state index in [2.05, 4.69) is 43.2 Å². The minimum absolute atomic E-state index is 0.00657. The number of nitrogens with one attached hydrogen (secondary N) is 2. The first-order valence-electron chi connectivity index (χ1n) is 8.48. The quantitative estimate of drug-likeness (QED) is 0.698. The van der Waals surface area contributed by atoms with E-state index >= 15 is 0 Å². The van der Waals surface area contributed by atoms with Crippen molar-refractivity contribution in [3.05, 3.63) is 29.8 Å². The van der Waals surface area contributed by atoms with Crippen LogP contribution in [0.3, 0.4) is 0 Å². The van der Waals surface area contributed by atoms with E-state index in [4.69, 9.17) is 0 Å². The molecule has 0 spiro atoms. The molecule has 0 heterocycles. The van der Waals surface area contributed by atoms with Crippen LogP contribution < -0.4 is 15.5 Å². The average Bonchev–Trinajstić information content (AvgIpc) is 2.54. The Bertz CT molecular complexity index is 430. The van der Waals surface area contributed by atoms with Crippen LogP contribution in [-0.2, 0) is 0 Å². The van der Waals surface area contributed by atoms with Crippen LogP contribution in [0.4, 0.5) is 5.69 Å². The van der Waals surface area contributed by atoms with E-state index in [0.717, 1.165) is 25.2 Å². The molecule has 0 bridgehead atoms. The lowest BCUT2D eigenvalue weighted by molar-refractivity contribution is 0.0950. The van der Waals surface area contributed by atoms with E-state index in [1.54, 1.807) is 0 Å². The molecule has 0 fully saturated rings. The van der Waals surface area contributed by atoms with Gasteiger partial charge in [0.15, 0.2) is 0 Å². The number of benzene rings is 1. The molecule has 1 aromatic carbocycles. The molecule has 0 aliphatic heterocycles. The average molecular weight is 305 g/mol. The third kappa shape index (κ3) is 6.06. The zero-order valence-electron chi connectivity index (χ0n) is 14.5. The first-order valence-corrected chi connectivity index (χ1v) is 8.48. The minimum Gasteiger partial charge on any atom is -0.372 e. The minimum atomic E-state index is -0.00657. The fourth-order valence-electron chi connectivity index (χ4n) is 2.41. The monoisotopic (exact) mass is 305 g/mol. The molecule has 1 amide bonds. The van der Waals surface area contributed by atoms with E-state index in [1.165, 1.54) is 18.5 Å². The van der Waals surface area contributed by atoms with Gasteiger partial charge in [0, 0.05) is 36.9 Å². The Hall–Kier alpha value is -1.55. The SMILES string of the molecule is CCCCN(CC)c1ccc(C(=O)NC[C@@H](C)NCC)cc1. The van der Waals surface area contributed by atoms with Crippen LogP contribution in [0.15, 0.2) is 24.3 Å². The van der Waals surface area contributed by atoms with Crippen LogP contribution >= 0.6 is 0 Å². The summed E-state index contributed by atoms with van der Waals surface area (Å²) in [6.45, 7) is 12.1. The highest BCUT2D eigenvalue weighted by Crippen LogP contribution is 2.16. The van der Waals surface area contributed by atoms with Crippen LogP contribution in [-0.4, -0.2) is 38.1 Å². The normalized spacial score (nSPS) is 12.0. The summed E-state index contributed by atoms with van der Waals surface area (Å²) in [5.74, 6) is -0.00657. The molecule has 0 aliphatic carbocycles. The Labute approximate surface area is 135 Å². The molecule has 1 atom stereocenters. The molecule has 1 aromatic rings. The first kappa shape index (κ1) is 18.5. The molecule has 0 radical (unpaired) electrons. The number of carbonyl (C=O) groups is 1. The second kappa shape index (κ2) is 10.2. The summed E-state index contributed by atoms with van der Waals surface area (Å²) in [6.07, 6.45) is 2.39. The molecular weight excluding hydrogens is 274 g/mol. The maximum Gasteiger partial charge on any atom is 0.251 e. The summed E-state index contributed by atoms with van der Waals surface area (Å²) in [5, 5.41) is 6.25. The molecule has 124 valence electrons. The van der Waals surface area contributed by atoms with Crippen molar-refractivity contribution in [3.63, 3.8) is 0 Å². The molecule has 0 aromatic heterocycles. The van der Waals surface area contributed by atoms with Gasteiger partial charge < -0.3 is 15.5 Å². The zero-order chi connectivity index (χ0) is 16.4. The van der Waals surface area contributed by atoms with E-state index in [9.17, 15) is 4.79 Å². The van der Waals surface area contributed by atoms with Crippen molar-refractivity contribution in [3.8, 4) is 0 Å². The second-order valence-corrected chi connectivity index (χ2v) is 5.65. The molecule has 4 heteroatoms. The van der Waals surface area contributed by atoms with Crippen molar-refractivity contribution in [2.45, 2.75) is 46.6 Å². The second-order valence-electron chi connectivity index (χ2n) is 5.65. The van der Waals surface area contributed by atoms with Crippen LogP contribution in [0.25, 0.3) is 0 Å². The maximum atomic E-state index is 12.1. The number of carbonyl (C=O) groups excluding carboxylic acids is 1. The summed E-state index contributed by atoms with van der Waals surface area (Å²) < 4.78 is 0. The predicted octanol–water partition coefficient (Wildman–Crippen LogP) is 3.04. The van der Waals surface area contributed by atoms with E-state index in [-0.39, 0.29) is 11.9 Å². The third-order valence-electron chi connectivity index (χ3n) is 3.78. The Morgan fingerprint density at radius 2 is 1.86 bits per heavy atom. The molecule has 0 saturated carbocycles. The molecule has 2 N–H and O–H groups in total. The van der Waals surface area contributed by atoms with Crippen molar-refractivity contribution < 1.29 is 4.79 Å². The van der Waals surface area contributed by atoms with Crippen LogP contribution in [0.2, 0.25) is 0 Å².